The Balaban J connectivity index is 2.29. The molecule has 0 aromatic rings. The molecule has 0 amide bonds. The van der Waals surface area contributed by atoms with Gasteiger partial charge in [-0.3, -0.25) is 5.43 Å². The molecule has 6 heteroatoms. The molecule has 88 valence electrons. The number of rotatable bonds is 6. The Morgan fingerprint density at radius 3 is 2.73 bits per heavy atom. The quantitative estimate of drug-likeness (QED) is 0.235. The van der Waals surface area contributed by atoms with Gasteiger partial charge in [-0.2, -0.15) is 0 Å². The van der Waals surface area contributed by atoms with Gasteiger partial charge in [0.15, 0.2) is 0 Å². The zero-order valence-electron chi connectivity index (χ0n) is 9.32. The molecule has 0 bridgehead atoms. The van der Waals surface area contributed by atoms with E-state index < -0.39 is 0 Å². The number of nitrogens with zero attached hydrogens (tertiary/aromatic N) is 1. The summed E-state index contributed by atoms with van der Waals surface area (Å²) in [5.74, 6) is 5.96. The van der Waals surface area contributed by atoms with Crippen molar-refractivity contribution in [2.24, 2.45) is 10.8 Å². The van der Waals surface area contributed by atoms with Gasteiger partial charge >= 0.3 is 0 Å². The van der Waals surface area contributed by atoms with Gasteiger partial charge in [0.25, 0.3) is 0 Å². The van der Waals surface area contributed by atoms with E-state index >= 15 is 0 Å². The average Bonchev–Trinajstić information content (AvgIpc) is 3.05. The van der Waals surface area contributed by atoms with Gasteiger partial charge < -0.3 is 14.8 Å². The first kappa shape index (κ1) is 12.2. The largest absolute Gasteiger partial charge is 0.382 e. The summed E-state index contributed by atoms with van der Waals surface area (Å²) in [6.45, 7) is 1.06. The van der Waals surface area contributed by atoms with Gasteiger partial charge in [-0.1, -0.05) is 0 Å². The fraction of sp³-hybridized carbons (Fsp3) is 0.889. The first-order chi connectivity index (χ1) is 7.30. The van der Waals surface area contributed by atoms with Gasteiger partial charge in [-0.25, -0.2) is 10.8 Å². The molecule has 0 heterocycles. The van der Waals surface area contributed by atoms with Crippen molar-refractivity contribution in [2.45, 2.75) is 25.0 Å². The van der Waals surface area contributed by atoms with E-state index in [1.807, 2.05) is 0 Å². The predicted molar refractivity (Wildman–Crippen MR) is 58.5 cm³/mol. The number of hydrogen-bond donors (Lipinski definition) is 3. The molecule has 0 radical (unpaired) electrons. The van der Waals surface area contributed by atoms with E-state index in [0.29, 0.717) is 25.2 Å². The second kappa shape index (κ2) is 6.60. The van der Waals surface area contributed by atoms with Gasteiger partial charge in [0.1, 0.15) is 6.10 Å². The van der Waals surface area contributed by atoms with Gasteiger partial charge in [-0.05, 0) is 12.8 Å². The molecule has 4 N–H and O–H groups in total. The first-order valence-corrected chi connectivity index (χ1v) is 5.09. The van der Waals surface area contributed by atoms with Crippen LogP contribution in [0.25, 0.3) is 0 Å². The molecule has 1 unspecified atom stereocenters. The van der Waals surface area contributed by atoms with Crippen LogP contribution in [0.1, 0.15) is 12.8 Å². The maximum absolute atomic E-state index is 5.34. The van der Waals surface area contributed by atoms with E-state index in [1.54, 1.807) is 14.2 Å². The number of nitrogens with two attached hydrogens (primary N) is 1. The molecule has 0 aromatic heterocycles. The number of ether oxygens (including phenoxy) is 2. The van der Waals surface area contributed by atoms with Crippen LogP contribution in [0.5, 0.6) is 0 Å². The number of aliphatic imine (C=N–C) groups is 1. The first-order valence-electron chi connectivity index (χ1n) is 5.09. The minimum absolute atomic E-state index is 0.0284. The predicted octanol–water partition coefficient (Wildman–Crippen LogP) is -0.781. The van der Waals surface area contributed by atoms with Gasteiger partial charge in [0.2, 0.25) is 5.96 Å². The van der Waals surface area contributed by atoms with Crippen LogP contribution in [0.15, 0.2) is 4.99 Å². The molecule has 15 heavy (non-hydrogen) atoms. The van der Waals surface area contributed by atoms with Crippen LogP contribution < -0.4 is 16.6 Å². The van der Waals surface area contributed by atoms with Crippen molar-refractivity contribution in [1.29, 1.82) is 0 Å². The number of guanidine groups is 1. The van der Waals surface area contributed by atoms with Crippen LogP contribution in [-0.2, 0) is 9.47 Å². The van der Waals surface area contributed by atoms with Crippen molar-refractivity contribution in [3.05, 3.63) is 0 Å². The van der Waals surface area contributed by atoms with Crippen LogP contribution >= 0.6 is 0 Å². The van der Waals surface area contributed by atoms with Crippen molar-refractivity contribution < 1.29 is 9.47 Å². The standard InChI is InChI=1S/C9H20N4O2/c1-14-6-8(15-2)5-11-9(13-10)12-7-3-4-7/h7-8H,3-6,10H2,1-2H3,(H2,11,12,13). The summed E-state index contributed by atoms with van der Waals surface area (Å²) in [5.41, 5.74) is 2.54. The summed E-state index contributed by atoms with van der Waals surface area (Å²) in [5, 5.41) is 3.18. The molecular formula is C9H20N4O2. The fourth-order valence-corrected chi connectivity index (χ4v) is 1.13. The van der Waals surface area contributed by atoms with Crippen molar-refractivity contribution >= 4 is 5.96 Å². The van der Waals surface area contributed by atoms with Gasteiger partial charge in [-0.15, -0.1) is 0 Å². The summed E-state index contributed by atoms with van der Waals surface area (Å²) < 4.78 is 10.2. The fourth-order valence-electron chi connectivity index (χ4n) is 1.13. The second-order valence-electron chi connectivity index (χ2n) is 3.57. The van der Waals surface area contributed by atoms with E-state index in [2.05, 4.69) is 15.7 Å². The van der Waals surface area contributed by atoms with Crippen molar-refractivity contribution in [3.63, 3.8) is 0 Å². The van der Waals surface area contributed by atoms with Crippen molar-refractivity contribution in [3.8, 4) is 0 Å². The van der Waals surface area contributed by atoms with Crippen molar-refractivity contribution in [2.75, 3.05) is 27.4 Å². The molecule has 1 rings (SSSR count). The van der Waals surface area contributed by atoms with E-state index in [-0.39, 0.29) is 6.10 Å². The minimum Gasteiger partial charge on any atom is -0.382 e. The highest BCUT2D eigenvalue weighted by molar-refractivity contribution is 5.79. The summed E-state index contributed by atoms with van der Waals surface area (Å²) in [6, 6.07) is 0.531. The highest BCUT2D eigenvalue weighted by Crippen LogP contribution is 2.18. The smallest absolute Gasteiger partial charge is 0.206 e. The highest BCUT2D eigenvalue weighted by atomic mass is 16.5. The Morgan fingerprint density at radius 2 is 2.27 bits per heavy atom. The van der Waals surface area contributed by atoms with Gasteiger partial charge in [0, 0.05) is 20.3 Å². The molecule has 6 nitrogen and oxygen atoms in total. The van der Waals surface area contributed by atoms with E-state index in [0.717, 1.165) is 0 Å². The molecule has 1 aliphatic carbocycles. The number of nitrogens with one attached hydrogen (secondary N) is 2. The summed E-state index contributed by atoms with van der Waals surface area (Å²) in [7, 11) is 3.28. The minimum atomic E-state index is -0.0284. The monoisotopic (exact) mass is 216 g/mol. The Morgan fingerprint density at radius 1 is 1.53 bits per heavy atom. The lowest BCUT2D eigenvalue weighted by Crippen LogP contribution is -2.43. The number of hydrazine groups is 1. The molecule has 1 fully saturated rings. The molecule has 0 spiro atoms. The lowest BCUT2D eigenvalue weighted by molar-refractivity contribution is 0.0343. The Hall–Kier alpha value is -0.850. The van der Waals surface area contributed by atoms with E-state index in [1.165, 1.54) is 12.8 Å². The highest BCUT2D eigenvalue weighted by Gasteiger charge is 2.22. The SMILES string of the molecule is COCC(CN=C(NN)NC1CC1)OC. The van der Waals surface area contributed by atoms with Crippen LogP contribution in [0.4, 0.5) is 0 Å². The zero-order chi connectivity index (χ0) is 11.1. The Kier molecular flexibility index (Phi) is 5.38. The Bertz CT molecular complexity index is 206. The van der Waals surface area contributed by atoms with Crippen LogP contribution in [0.2, 0.25) is 0 Å². The van der Waals surface area contributed by atoms with Gasteiger partial charge in [0.05, 0.1) is 13.2 Å². The number of hydrogen-bond acceptors (Lipinski definition) is 4. The second-order valence-corrected chi connectivity index (χ2v) is 3.57. The summed E-state index contributed by atoms with van der Waals surface area (Å²) in [6.07, 6.45) is 2.35. The lowest BCUT2D eigenvalue weighted by atomic mass is 10.4. The molecule has 0 aromatic carbocycles. The topological polar surface area (TPSA) is 80.9 Å². The molecule has 1 saturated carbocycles. The third kappa shape index (κ3) is 4.96. The van der Waals surface area contributed by atoms with Crippen LogP contribution in [-0.4, -0.2) is 45.5 Å². The third-order valence-corrected chi connectivity index (χ3v) is 2.19. The molecule has 1 atom stereocenters. The average molecular weight is 216 g/mol. The van der Waals surface area contributed by atoms with Crippen LogP contribution in [0, 0.1) is 0 Å². The van der Waals surface area contributed by atoms with E-state index in [9.17, 15) is 0 Å². The van der Waals surface area contributed by atoms with Crippen LogP contribution in [0.3, 0.4) is 0 Å². The van der Waals surface area contributed by atoms with E-state index in [4.69, 9.17) is 15.3 Å². The normalized spacial score (nSPS) is 18.7. The molecule has 0 aliphatic heterocycles. The van der Waals surface area contributed by atoms with Crippen molar-refractivity contribution in [1.82, 2.24) is 10.7 Å². The molecule has 1 aliphatic rings. The lowest BCUT2D eigenvalue weighted by Gasteiger charge is -2.13. The number of methoxy groups -OCH3 is 2. The maximum Gasteiger partial charge on any atom is 0.206 e. The summed E-state index contributed by atoms with van der Waals surface area (Å²) in [4.78, 5) is 4.28. The molecule has 0 saturated heterocycles. The third-order valence-electron chi connectivity index (χ3n) is 2.19. The maximum atomic E-state index is 5.34. The summed E-state index contributed by atoms with van der Waals surface area (Å²) >= 11 is 0. The zero-order valence-corrected chi connectivity index (χ0v) is 9.32. The Labute approximate surface area is 90.2 Å². The molecular weight excluding hydrogens is 196 g/mol.